The predicted molar refractivity (Wildman–Crippen MR) is 91.7 cm³/mol. The third-order valence-electron chi connectivity index (χ3n) is 3.21. The van der Waals surface area contributed by atoms with Gasteiger partial charge in [-0.05, 0) is 36.2 Å². The van der Waals surface area contributed by atoms with Gasteiger partial charge in [0.15, 0.2) is 0 Å². The van der Waals surface area contributed by atoms with E-state index in [9.17, 15) is 4.79 Å². The molecule has 0 radical (unpaired) electrons. The molecule has 0 bridgehead atoms. The first-order chi connectivity index (χ1) is 11.1. The van der Waals surface area contributed by atoms with E-state index in [0.29, 0.717) is 13.0 Å². The van der Waals surface area contributed by atoms with E-state index in [4.69, 9.17) is 10.5 Å². The highest BCUT2D eigenvalue weighted by atomic mass is 16.5. The molecule has 0 aromatic heterocycles. The van der Waals surface area contributed by atoms with E-state index < -0.39 is 6.09 Å². The molecule has 0 atom stereocenters. The number of alkyl carbamates (subject to hydrolysis) is 1. The van der Waals surface area contributed by atoms with Crippen molar-refractivity contribution < 1.29 is 9.53 Å². The first-order valence-corrected chi connectivity index (χ1v) is 7.44. The number of benzene rings is 2. The Hall–Kier alpha value is -2.93. The molecule has 0 spiro atoms. The molecule has 1 amide bonds. The standard InChI is InChI=1S/C19H20N2O2/c1-15-13-18(20)11-10-17(15)9-5-6-12-21-19(22)23-14-16-7-3-2-4-8-16/h2-4,7-8,10-11,13H,6,12,14,20H2,1H3,(H,21,22). The molecule has 0 aliphatic rings. The van der Waals surface area contributed by atoms with E-state index in [1.807, 2.05) is 55.5 Å². The van der Waals surface area contributed by atoms with Crippen molar-refractivity contribution in [2.75, 3.05) is 12.3 Å². The third kappa shape index (κ3) is 5.76. The van der Waals surface area contributed by atoms with Gasteiger partial charge in [-0.3, -0.25) is 0 Å². The summed E-state index contributed by atoms with van der Waals surface area (Å²) in [6.45, 7) is 2.69. The summed E-state index contributed by atoms with van der Waals surface area (Å²) in [7, 11) is 0. The number of carbonyl (C=O) groups excluding carboxylic acids is 1. The Morgan fingerprint density at radius 1 is 1.22 bits per heavy atom. The van der Waals surface area contributed by atoms with E-state index in [1.54, 1.807) is 0 Å². The van der Waals surface area contributed by atoms with Crippen molar-refractivity contribution in [2.24, 2.45) is 0 Å². The maximum Gasteiger partial charge on any atom is 0.407 e. The summed E-state index contributed by atoms with van der Waals surface area (Å²) in [6.07, 6.45) is 0.129. The monoisotopic (exact) mass is 308 g/mol. The van der Waals surface area contributed by atoms with Gasteiger partial charge in [-0.1, -0.05) is 42.2 Å². The second-order valence-corrected chi connectivity index (χ2v) is 5.11. The van der Waals surface area contributed by atoms with Crippen LogP contribution in [0.1, 0.15) is 23.1 Å². The second-order valence-electron chi connectivity index (χ2n) is 5.11. The zero-order valence-electron chi connectivity index (χ0n) is 13.1. The van der Waals surface area contributed by atoms with Gasteiger partial charge < -0.3 is 15.8 Å². The molecule has 2 aromatic carbocycles. The molecule has 0 fully saturated rings. The molecule has 0 saturated heterocycles. The molecule has 2 aromatic rings. The molecule has 4 heteroatoms. The van der Waals surface area contributed by atoms with Crippen LogP contribution < -0.4 is 11.1 Å². The highest BCUT2D eigenvalue weighted by Gasteiger charge is 2.00. The minimum Gasteiger partial charge on any atom is -0.445 e. The molecule has 0 aliphatic heterocycles. The van der Waals surface area contributed by atoms with Crippen LogP contribution in [0.25, 0.3) is 0 Å². The van der Waals surface area contributed by atoms with E-state index >= 15 is 0 Å². The van der Waals surface area contributed by atoms with Crippen molar-refractivity contribution in [1.82, 2.24) is 5.32 Å². The van der Waals surface area contributed by atoms with Gasteiger partial charge in [-0.2, -0.15) is 0 Å². The van der Waals surface area contributed by atoms with Crippen LogP contribution in [0.5, 0.6) is 0 Å². The molecule has 23 heavy (non-hydrogen) atoms. The zero-order valence-corrected chi connectivity index (χ0v) is 13.1. The average Bonchev–Trinajstić information content (AvgIpc) is 2.55. The minimum absolute atomic E-state index is 0.267. The second kappa shape index (κ2) is 8.50. The van der Waals surface area contributed by atoms with Crippen LogP contribution in [0.2, 0.25) is 0 Å². The first kappa shape index (κ1) is 16.4. The van der Waals surface area contributed by atoms with Gasteiger partial charge >= 0.3 is 6.09 Å². The lowest BCUT2D eigenvalue weighted by Gasteiger charge is -2.05. The fourth-order valence-corrected chi connectivity index (χ4v) is 1.99. The number of carbonyl (C=O) groups is 1. The van der Waals surface area contributed by atoms with E-state index in [-0.39, 0.29) is 6.61 Å². The van der Waals surface area contributed by atoms with Gasteiger partial charge in [0, 0.05) is 24.2 Å². The Morgan fingerprint density at radius 2 is 2.00 bits per heavy atom. The van der Waals surface area contributed by atoms with Gasteiger partial charge in [0.25, 0.3) is 0 Å². The quantitative estimate of drug-likeness (QED) is 0.518. The zero-order chi connectivity index (χ0) is 16.5. The number of anilines is 1. The molecule has 0 heterocycles. The predicted octanol–water partition coefficient (Wildman–Crippen LogP) is 3.25. The van der Waals surface area contributed by atoms with Crippen LogP contribution in [0.3, 0.4) is 0 Å². The molecular formula is C19H20N2O2. The van der Waals surface area contributed by atoms with Crippen molar-refractivity contribution in [1.29, 1.82) is 0 Å². The number of ether oxygens (including phenoxy) is 1. The maximum absolute atomic E-state index is 11.5. The Balaban J connectivity index is 1.69. The summed E-state index contributed by atoms with van der Waals surface area (Å²) in [5, 5.41) is 2.68. The molecule has 3 N–H and O–H groups in total. The maximum atomic E-state index is 11.5. The Labute approximate surface area is 136 Å². The Morgan fingerprint density at radius 3 is 2.74 bits per heavy atom. The van der Waals surface area contributed by atoms with Crippen molar-refractivity contribution in [2.45, 2.75) is 20.0 Å². The highest BCUT2D eigenvalue weighted by Crippen LogP contribution is 2.10. The number of hydrogen-bond acceptors (Lipinski definition) is 3. The lowest BCUT2D eigenvalue weighted by atomic mass is 10.1. The lowest BCUT2D eigenvalue weighted by molar-refractivity contribution is 0.140. The Bertz CT molecular complexity index is 715. The van der Waals surface area contributed by atoms with E-state index in [2.05, 4.69) is 17.2 Å². The van der Waals surface area contributed by atoms with Crippen LogP contribution in [0.15, 0.2) is 48.5 Å². The normalized spacial score (nSPS) is 9.61. The number of rotatable bonds is 4. The lowest BCUT2D eigenvalue weighted by Crippen LogP contribution is -2.24. The summed E-state index contributed by atoms with van der Waals surface area (Å²) < 4.78 is 5.11. The summed E-state index contributed by atoms with van der Waals surface area (Å²) in [5.41, 5.74) is 9.39. The number of hydrogen-bond donors (Lipinski definition) is 2. The smallest absolute Gasteiger partial charge is 0.407 e. The molecular weight excluding hydrogens is 288 g/mol. The molecule has 2 rings (SSSR count). The van der Waals surface area contributed by atoms with Crippen LogP contribution >= 0.6 is 0 Å². The average molecular weight is 308 g/mol. The number of nitrogens with two attached hydrogens (primary N) is 1. The van der Waals surface area contributed by atoms with Crippen LogP contribution in [-0.4, -0.2) is 12.6 Å². The summed E-state index contributed by atoms with van der Waals surface area (Å²) in [6, 6.07) is 15.2. The number of nitrogens with one attached hydrogen (secondary N) is 1. The fourth-order valence-electron chi connectivity index (χ4n) is 1.99. The number of nitrogen functional groups attached to an aromatic ring is 1. The largest absolute Gasteiger partial charge is 0.445 e. The van der Waals surface area contributed by atoms with Crippen molar-refractivity contribution in [3.05, 3.63) is 65.2 Å². The van der Waals surface area contributed by atoms with E-state index in [1.165, 1.54) is 0 Å². The van der Waals surface area contributed by atoms with E-state index in [0.717, 1.165) is 22.4 Å². The SMILES string of the molecule is Cc1cc(N)ccc1C#CCCNC(=O)OCc1ccccc1. The van der Waals surface area contributed by atoms with Gasteiger partial charge in [0.05, 0.1) is 0 Å². The molecule has 0 saturated carbocycles. The molecule has 0 unspecified atom stereocenters. The number of aryl methyl sites for hydroxylation is 1. The summed E-state index contributed by atoms with van der Waals surface area (Å²) in [4.78, 5) is 11.5. The topological polar surface area (TPSA) is 64.3 Å². The van der Waals surface area contributed by atoms with Crippen molar-refractivity contribution in [3.8, 4) is 11.8 Å². The molecule has 4 nitrogen and oxygen atoms in total. The number of amides is 1. The van der Waals surface area contributed by atoms with Gasteiger partial charge in [-0.15, -0.1) is 0 Å². The van der Waals surface area contributed by atoms with Crippen LogP contribution in [0, 0.1) is 18.8 Å². The summed E-state index contributed by atoms with van der Waals surface area (Å²) >= 11 is 0. The highest BCUT2D eigenvalue weighted by molar-refractivity contribution is 5.67. The Kier molecular flexibility index (Phi) is 6.07. The minimum atomic E-state index is -0.431. The van der Waals surface area contributed by atoms with Gasteiger partial charge in [0.2, 0.25) is 0 Å². The molecule has 118 valence electrons. The van der Waals surface area contributed by atoms with Crippen LogP contribution in [-0.2, 0) is 11.3 Å². The summed E-state index contributed by atoms with van der Waals surface area (Å²) in [5.74, 6) is 6.10. The first-order valence-electron chi connectivity index (χ1n) is 7.44. The van der Waals surface area contributed by atoms with Crippen molar-refractivity contribution in [3.63, 3.8) is 0 Å². The molecule has 0 aliphatic carbocycles. The van der Waals surface area contributed by atoms with Gasteiger partial charge in [0.1, 0.15) is 6.61 Å². The third-order valence-corrected chi connectivity index (χ3v) is 3.21. The van der Waals surface area contributed by atoms with Gasteiger partial charge in [-0.25, -0.2) is 4.79 Å². The van der Waals surface area contributed by atoms with Crippen molar-refractivity contribution >= 4 is 11.8 Å². The van der Waals surface area contributed by atoms with Crippen LogP contribution in [0.4, 0.5) is 10.5 Å². The fraction of sp³-hybridized carbons (Fsp3) is 0.211.